The van der Waals surface area contributed by atoms with Gasteiger partial charge in [0.15, 0.2) is 0 Å². The maximum absolute atomic E-state index is 11.8. The minimum Gasteiger partial charge on any atom is -0.388 e. The van der Waals surface area contributed by atoms with Crippen LogP contribution >= 0.6 is 11.3 Å². The van der Waals surface area contributed by atoms with E-state index in [0.29, 0.717) is 6.54 Å². The molecule has 106 valence electrons. The lowest BCUT2D eigenvalue weighted by Crippen LogP contribution is -2.47. The molecule has 5 heteroatoms. The molecule has 0 aromatic carbocycles. The molecule has 1 aromatic rings. The maximum Gasteiger partial charge on any atom is 0.315 e. The van der Waals surface area contributed by atoms with Crippen molar-refractivity contribution in [3.05, 3.63) is 22.4 Å². The van der Waals surface area contributed by atoms with Crippen molar-refractivity contribution >= 4 is 17.4 Å². The number of nitrogens with one attached hydrogen (secondary N) is 2. The van der Waals surface area contributed by atoms with Crippen molar-refractivity contribution in [2.24, 2.45) is 0 Å². The van der Waals surface area contributed by atoms with E-state index < -0.39 is 5.60 Å². The van der Waals surface area contributed by atoms with E-state index in [4.69, 9.17) is 0 Å². The lowest BCUT2D eigenvalue weighted by molar-refractivity contribution is 0.0500. The van der Waals surface area contributed by atoms with Crippen LogP contribution in [0.3, 0.4) is 0 Å². The second-order valence-corrected chi connectivity index (χ2v) is 6.48. The van der Waals surface area contributed by atoms with Crippen LogP contribution in [-0.4, -0.2) is 29.3 Å². The lowest BCUT2D eigenvalue weighted by atomic mass is 10.0. The van der Waals surface area contributed by atoms with Crippen LogP contribution in [0.4, 0.5) is 4.79 Å². The highest BCUT2D eigenvalue weighted by molar-refractivity contribution is 7.09. The third-order valence-corrected chi connectivity index (χ3v) is 4.48. The van der Waals surface area contributed by atoms with Gasteiger partial charge < -0.3 is 15.7 Å². The predicted molar refractivity (Wildman–Crippen MR) is 77.4 cm³/mol. The first-order valence-corrected chi connectivity index (χ1v) is 7.74. The zero-order valence-corrected chi connectivity index (χ0v) is 12.1. The van der Waals surface area contributed by atoms with E-state index in [1.54, 1.807) is 11.3 Å². The summed E-state index contributed by atoms with van der Waals surface area (Å²) in [6.45, 7) is 2.34. The van der Waals surface area contributed by atoms with Gasteiger partial charge in [-0.1, -0.05) is 18.9 Å². The maximum atomic E-state index is 11.8. The second-order valence-electron chi connectivity index (χ2n) is 5.44. The van der Waals surface area contributed by atoms with Crippen molar-refractivity contribution in [3.63, 3.8) is 0 Å². The van der Waals surface area contributed by atoms with Crippen molar-refractivity contribution in [1.82, 2.24) is 10.6 Å². The Morgan fingerprint density at radius 1 is 1.53 bits per heavy atom. The van der Waals surface area contributed by atoms with Gasteiger partial charge in [0.2, 0.25) is 0 Å². The topological polar surface area (TPSA) is 61.4 Å². The van der Waals surface area contributed by atoms with E-state index in [-0.39, 0.29) is 12.1 Å². The highest BCUT2D eigenvalue weighted by Crippen LogP contribution is 2.28. The van der Waals surface area contributed by atoms with E-state index in [1.165, 1.54) is 4.88 Å². The molecule has 0 spiro atoms. The molecule has 1 fully saturated rings. The first-order valence-electron chi connectivity index (χ1n) is 6.86. The largest absolute Gasteiger partial charge is 0.388 e. The molecule has 1 aromatic heterocycles. The highest BCUT2D eigenvalue weighted by Gasteiger charge is 2.31. The Hall–Kier alpha value is -1.07. The molecule has 1 saturated carbocycles. The van der Waals surface area contributed by atoms with Crippen LogP contribution in [0, 0.1) is 0 Å². The monoisotopic (exact) mass is 282 g/mol. The summed E-state index contributed by atoms with van der Waals surface area (Å²) < 4.78 is 0. The van der Waals surface area contributed by atoms with Gasteiger partial charge in [0, 0.05) is 23.9 Å². The van der Waals surface area contributed by atoms with Crippen molar-refractivity contribution < 1.29 is 9.90 Å². The third-order valence-electron chi connectivity index (χ3n) is 3.58. The molecule has 19 heavy (non-hydrogen) atoms. The van der Waals surface area contributed by atoms with Crippen molar-refractivity contribution in [2.75, 3.05) is 6.54 Å². The van der Waals surface area contributed by atoms with E-state index in [9.17, 15) is 9.90 Å². The fraction of sp³-hybridized carbons (Fsp3) is 0.643. The first kappa shape index (κ1) is 14.3. The Morgan fingerprint density at radius 2 is 2.26 bits per heavy atom. The molecule has 1 unspecified atom stereocenters. The van der Waals surface area contributed by atoms with Gasteiger partial charge in [-0.05, 0) is 31.2 Å². The number of aliphatic hydroxyl groups is 1. The summed E-state index contributed by atoms with van der Waals surface area (Å²) in [6, 6.07) is 3.99. The van der Waals surface area contributed by atoms with Gasteiger partial charge in [-0.25, -0.2) is 4.79 Å². The van der Waals surface area contributed by atoms with Gasteiger partial charge in [0.05, 0.1) is 5.60 Å². The van der Waals surface area contributed by atoms with Crippen LogP contribution in [0.2, 0.25) is 0 Å². The number of hydrogen-bond donors (Lipinski definition) is 3. The minimum atomic E-state index is -0.686. The molecular weight excluding hydrogens is 260 g/mol. The van der Waals surface area contributed by atoms with Gasteiger partial charge >= 0.3 is 6.03 Å². The number of amides is 2. The summed E-state index contributed by atoms with van der Waals surface area (Å²) in [4.78, 5) is 13.0. The van der Waals surface area contributed by atoms with Crippen LogP contribution in [0.25, 0.3) is 0 Å². The minimum absolute atomic E-state index is 0.0943. The Balaban J connectivity index is 1.69. The summed E-state index contributed by atoms with van der Waals surface area (Å²) in [6.07, 6.45) is 4.52. The van der Waals surface area contributed by atoms with Crippen LogP contribution in [0.15, 0.2) is 17.5 Å². The SMILES string of the molecule is CC(Cc1cccs1)NC(=O)NCC1(O)CCCC1. The second kappa shape index (κ2) is 6.39. The molecule has 2 amide bonds. The molecule has 0 bridgehead atoms. The van der Waals surface area contributed by atoms with Gasteiger partial charge in [-0.15, -0.1) is 11.3 Å². The fourth-order valence-electron chi connectivity index (χ4n) is 2.51. The van der Waals surface area contributed by atoms with Gasteiger partial charge in [0.25, 0.3) is 0 Å². The number of hydrogen-bond acceptors (Lipinski definition) is 3. The van der Waals surface area contributed by atoms with E-state index in [2.05, 4.69) is 16.7 Å². The average Bonchev–Trinajstić information content (AvgIpc) is 2.99. The van der Waals surface area contributed by atoms with Crippen LogP contribution in [-0.2, 0) is 6.42 Å². The smallest absolute Gasteiger partial charge is 0.315 e. The number of carbonyl (C=O) groups is 1. The summed E-state index contributed by atoms with van der Waals surface area (Å²) >= 11 is 1.70. The number of rotatable bonds is 5. The van der Waals surface area contributed by atoms with Crippen molar-refractivity contribution in [2.45, 2.75) is 50.7 Å². The van der Waals surface area contributed by atoms with E-state index in [0.717, 1.165) is 32.1 Å². The average molecular weight is 282 g/mol. The molecular formula is C14H22N2O2S. The molecule has 0 aliphatic heterocycles. The Labute approximate surface area is 118 Å². The zero-order valence-electron chi connectivity index (χ0n) is 11.3. The molecule has 3 N–H and O–H groups in total. The van der Waals surface area contributed by atoms with Gasteiger partial charge in [0.1, 0.15) is 0 Å². The van der Waals surface area contributed by atoms with Crippen LogP contribution < -0.4 is 10.6 Å². The van der Waals surface area contributed by atoms with Crippen molar-refractivity contribution in [1.29, 1.82) is 0 Å². The molecule has 0 radical (unpaired) electrons. The lowest BCUT2D eigenvalue weighted by Gasteiger charge is -2.23. The Kier molecular flexibility index (Phi) is 4.82. The van der Waals surface area contributed by atoms with E-state index >= 15 is 0 Å². The van der Waals surface area contributed by atoms with Crippen LogP contribution in [0.5, 0.6) is 0 Å². The summed E-state index contributed by atoms with van der Waals surface area (Å²) in [5.74, 6) is 0. The van der Waals surface area contributed by atoms with E-state index in [1.807, 2.05) is 18.4 Å². The number of carbonyl (C=O) groups excluding carboxylic acids is 1. The molecule has 1 aliphatic carbocycles. The standard InChI is InChI=1S/C14H22N2O2S/c1-11(9-12-5-4-8-19-12)16-13(17)15-10-14(18)6-2-3-7-14/h4-5,8,11,18H,2-3,6-7,9-10H2,1H3,(H2,15,16,17). The van der Waals surface area contributed by atoms with Gasteiger partial charge in [-0.2, -0.15) is 0 Å². The first-order chi connectivity index (χ1) is 9.07. The number of thiophene rings is 1. The summed E-state index contributed by atoms with van der Waals surface area (Å²) in [7, 11) is 0. The summed E-state index contributed by atoms with van der Waals surface area (Å²) in [5.41, 5.74) is -0.686. The Morgan fingerprint density at radius 3 is 2.89 bits per heavy atom. The summed E-state index contributed by atoms with van der Waals surface area (Å²) in [5, 5.41) is 17.9. The quantitative estimate of drug-likeness (QED) is 0.776. The molecule has 2 rings (SSSR count). The number of urea groups is 1. The molecule has 1 aliphatic rings. The molecule has 1 atom stereocenters. The predicted octanol–water partition coefficient (Wildman–Crippen LogP) is 2.28. The highest BCUT2D eigenvalue weighted by atomic mass is 32.1. The third kappa shape index (κ3) is 4.51. The Bertz CT molecular complexity index is 400. The zero-order chi connectivity index (χ0) is 13.7. The molecule has 1 heterocycles. The molecule has 4 nitrogen and oxygen atoms in total. The fourth-order valence-corrected chi connectivity index (χ4v) is 3.35. The van der Waals surface area contributed by atoms with Gasteiger partial charge in [-0.3, -0.25) is 0 Å². The normalized spacial score (nSPS) is 19.1. The van der Waals surface area contributed by atoms with Crippen molar-refractivity contribution in [3.8, 4) is 0 Å². The molecule has 0 saturated heterocycles. The van der Waals surface area contributed by atoms with Crippen LogP contribution in [0.1, 0.15) is 37.5 Å².